The van der Waals surface area contributed by atoms with E-state index in [1.54, 1.807) is 0 Å². The van der Waals surface area contributed by atoms with Crippen LogP contribution in [0.5, 0.6) is 0 Å². The topological polar surface area (TPSA) is 63.5 Å². The third-order valence-corrected chi connectivity index (χ3v) is 8.80. The number of nitrogens with zero attached hydrogens (tertiary/aromatic N) is 5. The first-order chi connectivity index (χ1) is 16.2. The number of benzene rings is 1. The van der Waals surface area contributed by atoms with Gasteiger partial charge in [-0.2, -0.15) is 0 Å². The van der Waals surface area contributed by atoms with Crippen molar-refractivity contribution in [3.63, 3.8) is 0 Å². The highest BCUT2D eigenvalue weighted by Crippen LogP contribution is 2.37. The van der Waals surface area contributed by atoms with Crippen molar-refractivity contribution in [3.8, 4) is 0 Å². The molecule has 2 aromatic rings. The average Bonchev–Trinajstić information content (AvgIpc) is 3.46. The number of rotatable bonds is 6. The van der Waals surface area contributed by atoms with Gasteiger partial charge in [0.15, 0.2) is 5.16 Å². The fourth-order valence-electron chi connectivity index (χ4n) is 4.82. The van der Waals surface area contributed by atoms with E-state index in [1.807, 2.05) is 22.7 Å². The second kappa shape index (κ2) is 10.7. The zero-order chi connectivity index (χ0) is 22.6. The molecule has 33 heavy (non-hydrogen) atoms. The maximum atomic E-state index is 13.4. The average molecular weight is 488 g/mol. The number of carbonyl (C=O) groups is 1. The molecule has 9 heteroatoms. The molecule has 1 aromatic carbocycles. The van der Waals surface area contributed by atoms with Crippen molar-refractivity contribution in [3.05, 3.63) is 24.3 Å². The molecule has 0 bridgehead atoms. The monoisotopic (exact) mass is 487 g/mol. The van der Waals surface area contributed by atoms with Crippen LogP contribution >= 0.6 is 23.5 Å². The lowest BCUT2D eigenvalue weighted by molar-refractivity contribution is -0.116. The molecule has 1 amide bonds. The summed E-state index contributed by atoms with van der Waals surface area (Å²) in [5, 5.41) is 10.4. The number of para-hydroxylation sites is 1. The van der Waals surface area contributed by atoms with E-state index >= 15 is 0 Å². The quantitative estimate of drug-likeness (QED) is 0.558. The van der Waals surface area contributed by atoms with Crippen LogP contribution < -0.4 is 9.80 Å². The Bertz CT molecular complexity index is 956. The fourth-order valence-corrected chi connectivity index (χ4v) is 6.75. The van der Waals surface area contributed by atoms with Crippen molar-refractivity contribution < 1.29 is 9.53 Å². The molecule has 0 unspecified atom stereocenters. The molecule has 3 aliphatic rings. The van der Waals surface area contributed by atoms with Gasteiger partial charge in [-0.15, -0.1) is 22.0 Å². The zero-order valence-electron chi connectivity index (χ0n) is 19.3. The summed E-state index contributed by atoms with van der Waals surface area (Å²) in [7, 11) is 0. The highest BCUT2D eigenvalue weighted by atomic mass is 32.2. The molecule has 4 heterocycles. The van der Waals surface area contributed by atoms with Gasteiger partial charge in [-0.25, -0.2) is 0 Å². The Labute approximate surface area is 204 Å². The number of fused-ring (bicyclic) bond motifs is 1. The number of thioether (sulfide) groups is 2. The molecule has 3 aliphatic heterocycles. The SMILES string of the molecule is C[C@H]1CCN(C(=O)CSc2nnc(N3CCCCC3)n2C[C@@H]2CCCO2)c2ccccc2S1. The van der Waals surface area contributed by atoms with E-state index in [0.717, 1.165) is 68.8 Å². The van der Waals surface area contributed by atoms with Crippen molar-refractivity contribution in [2.75, 3.05) is 41.8 Å². The van der Waals surface area contributed by atoms with Crippen molar-refractivity contribution in [2.45, 2.75) is 73.4 Å². The van der Waals surface area contributed by atoms with Gasteiger partial charge >= 0.3 is 0 Å². The van der Waals surface area contributed by atoms with Gasteiger partial charge < -0.3 is 14.5 Å². The van der Waals surface area contributed by atoms with E-state index in [2.05, 4.69) is 44.8 Å². The van der Waals surface area contributed by atoms with Crippen LogP contribution in [0.1, 0.15) is 45.4 Å². The number of aromatic nitrogens is 3. The second-order valence-corrected chi connectivity index (χ2v) is 11.5. The largest absolute Gasteiger partial charge is 0.376 e. The minimum atomic E-state index is 0.133. The molecule has 7 nitrogen and oxygen atoms in total. The fraction of sp³-hybridized carbons (Fsp3) is 0.625. The number of amides is 1. The third kappa shape index (κ3) is 5.35. The summed E-state index contributed by atoms with van der Waals surface area (Å²) < 4.78 is 8.13. The number of hydrogen-bond acceptors (Lipinski definition) is 7. The van der Waals surface area contributed by atoms with E-state index in [0.29, 0.717) is 11.0 Å². The Kier molecular flexibility index (Phi) is 7.47. The zero-order valence-corrected chi connectivity index (χ0v) is 21.0. The van der Waals surface area contributed by atoms with Crippen LogP contribution in [0.2, 0.25) is 0 Å². The predicted molar refractivity (Wildman–Crippen MR) is 135 cm³/mol. The van der Waals surface area contributed by atoms with Gasteiger partial charge in [0, 0.05) is 36.4 Å². The lowest BCUT2D eigenvalue weighted by Crippen LogP contribution is -2.34. The molecule has 0 spiro atoms. The van der Waals surface area contributed by atoms with Gasteiger partial charge in [0.05, 0.1) is 24.1 Å². The molecule has 0 saturated carbocycles. The normalized spacial score (nSPS) is 23.4. The molecule has 2 atom stereocenters. The van der Waals surface area contributed by atoms with Crippen LogP contribution in [0.25, 0.3) is 0 Å². The molecular weight excluding hydrogens is 454 g/mol. The third-order valence-electron chi connectivity index (χ3n) is 6.62. The van der Waals surface area contributed by atoms with E-state index in [-0.39, 0.29) is 12.0 Å². The van der Waals surface area contributed by atoms with Crippen LogP contribution in [0.15, 0.2) is 34.3 Å². The molecule has 0 aliphatic carbocycles. The number of anilines is 2. The van der Waals surface area contributed by atoms with Crippen molar-refractivity contribution in [1.82, 2.24) is 14.8 Å². The van der Waals surface area contributed by atoms with Crippen LogP contribution in [-0.2, 0) is 16.1 Å². The van der Waals surface area contributed by atoms with Gasteiger partial charge in [0.2, 0.25) is 11.9 Å². The van der Waals surface area contributed by atoms with E-state index in [9.17, 15) is 4.79 Å². The maximum absolute atomic E-state index is 13.4. The number of piperidine rings is 1. The minimum absolute atomic E-state index is 0.133. The van der Waals surface area contributed by atoms with Crippen molar-refractivity contribution in [2.24, 2.45) is 0 Å². The summed E-state index contributed by atoms with van der Waals surface area (Å²) in [6.45, 7) is 6.63. The second-order valence-electron chi connectivity index (χ2n) is 9.09. The minimum Gasteiger partial charge on any atom is -0.376 e. The maximum Gasteiger partial charge on any atom is 0.237 e. The summed E-state index contributed by atoms with van der Waals surface area (Å²) >= 11 is 3.37. The van der Waals surface area contributed by atoms with Crippen LogP contribution in [-0.4, -0.2) is 64.0 Å². The lowest BCUT2D eigenvalue weighted by Gasteiger charge is -2.28. The Balaban J connectivity index is 1.32. The Morgan fingerprint density at radius 1 is 1.12 bits per heavy atom. The van der Waals surface area contributed by atoms with Gasteiger partial charge in [-0.3, -0.25) is 9.36 Å². The summed E-state index contributed by atoms with van der Waals surface area (Å²) in [4.78, 5) is 18.9. The lowest BCUT2D eigenvalue weighted by atomic mass is 10.1. The molecular formula is C24H33N5O2S2. The number of hydrogen-bond donors (Lipinski definition) is 0. The molecule has 2 saturated heterocycles. The van der Waals surface area contributed by atoms with Crippen molar-refractivity contribution >= 4 is 41.1 Å². The van der Waals surface area contributed by atoms with E-state index in [1.165, 1.54) is 35.9 Å². The summed E-state index contributed by atoms with van der Waals surface area (Å²) in [6.07, 6.45) is 7.04. The smallest absolute Gasteiger partial charge is 0.237 e. The molecule has 2 fully saturated rings. The molecule has 0 radical (unpaired) electrons. The van der Waals surface area contributed by atoms with Crippen molar-refractivity contribution in [1.29, 1.82) is 0 Å². The summed E-state index contributed by atoms with van der Waals surface area (Å²) in [5.74, 6) is 1.43. The van der Waals surface area contributed by atoms with Gasteiger partial charge in [-0.1, -0.05) is 30.8 Å². The molecule has 1 aromatic heterocycles. The van der Waals surface area contributed by atoms with E-state index in [4.69, 9.17) is 4.74 Å². The first-order valence-electron chi connectivity index (χ1n) is 12.2. The summed E-state index contributed by atoms with van der Waals surface area (Å²) in [5.41, 5.74) is 1.03. The summed E-state index contributed by atoms with van der Waals surface area (Å²) in [6, 6.07) is 8.26. The van der Waals surface area contributed by atoms with E-state index < -0.39 is 0 Å². The van der Waals surface area contributed by atoms with Gasteiger partial charge in [-0.05, 0) is 50.7 Å². The van der Waals surface area contributed by atoms with Gasteiger partial charge in [0.25, 0.3) is 0 Å². The van der Waals surface area contributed by atoms with Gasteiger partial charge in [0.1, 0.15) is 0 Å². The highest BCUT2D eigenvalue weighted by molar-refractivity contribution is 8.00. The highest BCUT2D eigenvalue weighted by Gasteiger charge is 2.27. The number of ether oxygens (including phenoxy) is 1. The standard InChI is InChI=1S/C24H33N5O2S2/c1-18-11-14-28(20-9-3-4-10-21(20)33-18)22(30)17-32-24-26-25-23(27-12-5-2-6-13-27)29(24)16-19-8-7-15-31-19/h3-4,9-10,18-19H,2,5-8,11-17H2,1H3/t18-,19-/m0/s1. The Morgan fingerprint density at radius 2 is 1.97 bits per heavy atom. The molecule has 178 valence electrons. The Morgan fingerprint density at radius 3 is 2.79 bits per heavy atom. The first-order valence-corrected chi connectivity index (χ1v) is 14.0. The molecule has 0 N–H and O–H groups in total. The van der Waals surface area contributed by atoms with Crippen LogP contribution in [0.4, 0.5) is 11.6 Å². The van der Waals surface area contributed by atoms with Crippen LogP contribution in [0.3, 0.4) is 0 Å². The predicted octanol–water partition coefficient (Wildman–Crippen LogP) is 4.46. The first kappa shape index (κ1) is 23.1. The Hall–Kier alpha value is -1.71. The number of carbonyl (C=O) groups excluding carboxylic acids is 1. The van der Waals surface area contributed by atoms with Crippen LogP contribution in [0, 0.1) is 0 Å². The molecule has 5 rings (SSSR count).